The van der Waals surface area contributed by atoms with Gasteiger partial charge in [0, 0.05) is 18.4 Å². The molecule has 0 heterocycles. The Morgan fingerprint density at radius 1 is 1.13 bits per heavy atom. The van der Waals surface area contributed by atoms with E-state index in [1.54, 1.807) is 13.8 Å². The number of hydrogen-bond donors (Lipinski definition) is 3. The summed E-state index contributed by atoms with van der Waals surface area (Å²) in [6.45, 7) is 4.54. The summed E-state index contributed by atoms with van der Waals surface area (Å²) in [5.41, 5.74) is -2.36. The van der Waals surface area contributed by atoms with Gasteiger partial charge in [-0.05, 0) is 19.8 Å². The van der Waals surface area contributed by atoms with Crippen LogP contribution < -0.4 is 0 Å². The van der Waals surface area contributed by atoms with Crippen molar-refractivity contribution in [2.45, 2.75) is 45.6 Å². The maximum Gasteiger partial charge on any atom is 0.164 e. The van der Waals surface area contributed by atoms with Gasteiger partial charge >= 0.3 is 0 Å². The fourth-order valence-electron chi connectivity index (χ4n) is 1.17. The molecule has 0 aromatic heterocycles. The first-order valence-corrected chi connectivity index (χ1v) is 5.27. The van der Waals surface area contributed by atoms with Crippen molar-refractivity contribution in [1.82, 2.24) is 0 Å². The quantitative estimate of drug-likeness (QED) is 0.543. The average molecular weight is 218 g/mol. The molecule has 0 unspecified atom stereocenters. The Bertz CT molecular complexity index is 209. The molecule has 90 valence electrons. The summed E-state index contributed by atoms with van der Waals surface area (Å²) < 4.78 is 0. The molecule has 4 heteroatoms. The van der Waals surface area contributed by atoms with Gasteiger partial charge in [-0.2, -0.15) is 0 Å². The van der Waals surface area contributed by atoms with Crippen LogP contribution in [0.3, 0.4) is 0 Å². The molecule has 0 saturated carbocycles. The van der Waals surface area contributed by atoms with Crippen molar-refractivity contribution in [3.63, 3.8) is 0 Å². The van der Waals surface area contributed by atoms with Gasteiger partial charge in [0.25, 0.3) is 0 Å². The van der Waals surface area contributed by atoms with E-state index in [-0.39, 0.29) is 25.4 Å². The van der Waals surface area contributed by atoms with E-state index in [0.717, 1.165) is 0 Å². The summed E-state index contributed by atoms with van der Waals surface area (Å²) in [6, 6.07) is 0. The van der Waals surface area contributed by atoms with Gasteiger partial charge < -0.3 is 15.3 Å². The number of aliphatic hydroxyl groups is 3. The van der Waals surface area contributed by atoms with Crippen molar-refractivity contribution in [2.24, 2.45) is 5.41 Å². The van der Waals surface area contributed by atoms with E-state index in [0.29, 0.717) is 12.8 Å². The van der Waals surface area contributed by atoms with Gasteiger partial charge in [0.15, 0.2) is 5.78 Å². The lowest BCUT2D eigenvalue weighted by atomic mass is 9.73. The van der Waals surface area contributed by atoms with E-state index < -0.39 is 11.0 Å². The molecule has 0 radical (unpaired) electrons. The zero-order valence-electron chi connectivity index (χ0n) is 9.79. The molecule has 15 heavy (non-hydrogen) atoms. The second-order valence-corrected chi connectivity index (χ2v) is 4.72. The summed E-state index contributed by atoms with van der Waals surface area (Å²) in [5, 5.41) is 27.7. The minimum absolute atomic E-state index is 0.0544. The van der Waals surface area contributed by atoms with Crippen LogP contribution in [0, 0.1) is 5.41 Å². The molecule has 0 amide bonds. The minimum atomic E-state index is -1.52. The smallest absolute Gasteiger partial charge is 0.164 e. The van der Waals surface area contributed by atoms with Crippen LogP contribution in [0.15, 0.2) is 0 Å². The van der Waals surface area contributed by atoms with Crippen molar-refractivity contribution in [1.29, 1.82) is 0 Å². The first-order valence-electron chi connectivity index (χ1n) is 5.27. The second-order valence-electron chi connectivity index (χ2n) is 4.72. The molecule has 0 aromatic rings. The Hall–Kier alpha value is -0.450. The van der Waals surface area contributed by atoms with E-state index in [9.17, 15) is 9.90 Å². The Balaban J connectivity index is 4.38. The second kappa shape index (κ2) is 5.58. The lowest BCUT2D eigenvalue weighted by Crippen LogP contribution is -2.50. The summed E-state index contributed by atoms with van der Waals surface area (Å²) >= 11 is 0. The van der Waals surface area contributed by atoms with E-state index in [4.69, 9.17) is 10.2 Å². The van der Waals surface area contributed by atoms with Crippen LogP contribution in [-0.2, 0) is 4.79 Å². The van der Waals surface area contributed by atoms with Gasteiger partial charge in [0.05, 0.1) is 6.61 Å². The monoisotopic (exact) mass is 218 g/mol. The molecule has 0 aliphatic heterocycles. The van der Waals surface area contributed by atoms with Crippen LogP contribution >= 0.6 is 0 Å². The van der Waals surface area contributed by atoms with E-state index in [2.05, 4.69) is 0 Å². The standard InChI is InChI=1S/C11H22O4/c1-10(2,8-13)11(3,15)9(14)6-4-5-7-12/h12-13,15H,4-8H2,1-3H3/t11-/m0/s1. The molecule has 1 atom stereocenters. The zero-order chi connectivity index (χ0) is 12.1. The van der Waals surface area contributed by atoms with Crippen molar-refractivity contribution in [3.05, 3.63) is 0 Å². The number of carbonyl (C=O) groups is 1. The number of aliphatic hydroxyl groups excluding tert-OH is 2. The van der Waals surface area contributed by atoms with Crippen molar-refractivity contribution in [2.75, 3.05) is 13.2 Å². The van der Waals surface area contributed by atoms with Crippen molar-refractivity contribution >= 4 is 5.78 Å². The number of hydrogen-bond acceptors (Lipinski definition) is 4. The Labute approximate surface area is 90.9 Å². The van der Waals surface area contributed by atoms with Crippen molar-refractivity contribution in [3.8, 4) is 0 Å². The number of ketones is 1. The van der Waals surface area contributed by atoms with Gasteiger partial charge in [0.1, 0.15) is 5.60 Å². The number of carbonyl (C=O) groups excluding carboxylic acids is 1. The summed E-state index contributed by atoms with van der Waals surface area (Å²) in [7, 11) is 0. The fraction of sp³-hybridized carbons (Fsp3) is 0.909. The third kappa shape index (κ3) is 3.55. The summed E-state index contributed by atoms with van der Waals surface area (Å²) in [5.74, 6) is -0.282. The lowest BCUT2D eigenvalue weighted by Gasteiger charge is -2.37. The molecule has 0 saturated heterocycles. The normalized spacial score (nSPS) is 16.1. The Morgan fingerprint density at radius 3 is 2.07 bits per heavy atom. The van der Waals surface area contributed by atoms with Crippen molar-refractivity contribution < 1.29 is 20.1 Å². The number of unbranched alkanes of at least 4 members (excludes halogenated alkanes) is 1. The topological polar surface area (TPSA) is 77.8 Å². The molecule has 0 rings (SSSR count). The van der Waals surface area contributed by atoms with E-state index in [1.807, 2.05) is 0 Å². The largest absolute Gasteiger partial charge is 0.396 e. The van der Waals surface area contributed by atoms with Crippen LogP contribution in [-0.4, -0.2) is 39.9 Å². The SMILES string of the molecule is CC(C)(CO)[C@@](C)(O)C(=O)CCCCO. The predicted molar refractivity (Wildman–Crippen MR) is 57.4 cm³/mol. The van der Waals surface area contributed by atoms with Gasteiger partial charge in [0.2, 0.25) is 0 Å². The number of rotatable bonds is 7. The summed E-state index contributed by atoms with van der Waals surface area (Å²) in [4.78, 5) is 11.7. The van der Waals surface area contributed by atoms with Crippen LogP contribution in [0.5, 0.6) is 0 Å². The van der Waals surface area contributed by atoms with Crippen LogP contribution in [0.2, 0.25) is 0 Å². The third-order valence-electron chi connectivity index (χ3n) is 3.07. The molecular formula is C11H22O4. The lowest BCUT2D eigenvalue weighted by molar-refractivity contribution is -0.151. The predicted octanol–water partition coefficient (Wildman–Crippen LogP) is 0.488. The zero-order valence-corrected chi connectivity index (χ0v) is 9.79. The highest BCUT2D eigenvalue weighted by molar-refractivity contribution is 5.87. The highest BCUT2D eigenvalue weighted by Crippen LogP contribution is 2.32. The Kier molecular flexibility index (Phi) is 5.42. The van der Waals surface area contributed by atoms with Crippen LogP contribution in [0.1, 0.15) is 40.0 Å². The minimum Gasteiger partial charge on any atom is -0.396 e. The molecule has 0 aliphatic carbocycles. The molecular weight excluding hydrogens is 196 g/mol. The Morgan fingerprint density at radius 2 is 1.67 bits per heavy atom. The molecule has 4 nitrogen and oxygen atoms in total. The van der Waals surface area contributed by atoms with Gasteiger partial charge in [-0.3, -0.25) is 4.79 Å². The molecule has 0 fully saturated rings. The summed E-state index contributed by atoms with van der Waals surface area (Å²) in [6.07, 6.45) is 1.35. The van der Waals surface area contributed by atoms with Gasteiger partial charge in [-0.15, -0.1) is 0 Å². The first-order chi connectivity index (χ1) is 6.79. The average Bonchev–Trinajstić information content (AvgIpc) is 2.17. The third-order valence-corrected chi connectivity index (χ3v) is 3.07. The highest BCUT2D eigenvalue weighted by atomic mass is 16.3. The number of Topliss-reactive ketones (excluding diaryl/α,β-unsaturated/α-hetero) is 1. The molecule has 3 N–H and O–H groups in total. The van der Waals surface area contributed by atoms with Crippen LogP contribution in [0.4, 0.5) is 0 Å². The molecule has 0 spiro atoms. The fourth-order valence-corrected chi connectivity index (χ4v) is 1.17. The molecule has 0 bridgehead atoms. The maximum absolute atomic E-state index is 11.7. The first kappa shape index (κ1) is 14.6. The molecule has 0 aromatic carbocycles. The highest BCUT2D eigenvalue weighted by Gasteiger charge is 2.44. The maximum atomic E-state index is 11.7. The van der Waals surface area contributed by atoms with E-state index in [1.165, 1.54) is 6.92 Å². The van der Waals surface area contributed by atoms with Gasteiger partial charge in [-0.25, -0.2) is 0 Å². The van der Waals surface area contributed by atoms with Crippen LogP contribution in [0.25, 0.3) is 0 Å². The van der Waals surface area contributed by atoms with E-state index >= 15 is 0 Å². The molecule has 0 aliphatic rings. The van der Waals surface area contributed by atoms with Gasteiger partial charge in [-0.1, -0.05) is 13.8 Å².